The molecule has 2 aliphatic rings. The molecule has 2 unspecified atom stereocenters. The molecule has 0 bridgehead atoms. The van der Waals surface area contributed by atoms with E-state index >= 15 is 0 Å². The van der Waals surface area contributed by atoms with Crippen molar-refractivity contribution in [2.75, 3.05) is 18.9 Å². The smallest absolute Gasteiger partial charge is 0.387 e. The topological polar surface area (TPSA) is 302 Å². The Kier molecular flexibility index (Phi) is 8.69. The lowest BCUT2D eigenvalue weighted by Crippen LogP contribution is -2.34. The minimum atomic E-state index is -5.36. The number of hydrogen-bond acceptors (Lipinski definition) is 17. The molecule has 2 fully saturated rings. The fraction of sp³-hybridized carbons (Fsp3) is 0.476. The van der Waals surface area contributed by atoms with E-state index in [1.54, 1.807) is 12.1 Å². The van der Waals surface area contributed by atoms with Crippen molar-refractivity contribution in [3.63, 3.8) is 0 Å². The summed E-state index contributed by atoms with van der Waals surface area (Å²) in [6.07, 6.45) is -9.46. The summed E-state index contributed by atoms with van der Waals surface area (Å²) in [6, 6.07) is 4.62. The molecule has 45 heavy (non-hydrogen) atoms. The van der Waals surface area contributed by atoms with Crippen molar-refractivity contribution in [2.24, 2.45) is 0 Å². The second kappa shape index (κ2) is 12.1. The summed E-state index contributed by atoms with van der Waals surface area (Å²) < 4.78 is 52.3. The Morgan fingerprint density at radius 2 is 1.53 bits per heavy atom. The standard InChI is InChI=1S/C21H25ClN8O13P2/c22-8-1-2-10-9(3-8)27-28-30(10)21-17(34)15(32)12(42-21)5-40-45(37,38)43-44(35,36)39-4-11-14(31)16(33)20(41-11)29-7-26-13-18(23)24-6-25-19(13)29/h1-3,6-7,11-12,14-17,20-21,31-34H,4-5H2,(H,35,36)(H,37,38)(H2,23,24,25)/t11-,12-,14-,15-,16-,17-,20-,21-/m1/s1. The van der Waals surface area contributed by atoms with Gasteiger partial charge >= 0.3 is 15.6 Å². The van der Waals surface area contributed by atoms with Crippen LogP contribution in [0.2, 0.25) is 5.02 Å². The van der Waals surface area contributed by atoms with Crippen LogP contribution < -0.4 is 5.73 Å². The third-order valence-electron chi connectivity index (χ3n) is 7.02. The molecule has 3 aromatic heterocycles. The molecule has 6 rings (SSSR count). The highest BCUT2D eigenvalue weighted by atomic mass is 35.5. The van der Waals surface area contributed by atoms with Gasteiger partial charge in [0.1, 0.15) is 54.0 Å². The van der Waals surface area contributed by atoms with Crippen molar-refractivity contribution in [1.29, 1.82) is 0 Å². The maximum atomic E-state index is 12.5. The van der Waals surface area contributed by atoms with Crippen molar-refractivity contribution in [3.05, 3.63) is 35.9 Å². The van der Waals surface area contributed by atoms with Crippen molar-refractivity contribution in [2.45, 2.75) is 49.1 Å². The van der Waals surface area contributed by atoms with E-state index in [9.17, 15) is 39.3 Å². The Morgan fingerprint density at radius 1 is 0.911 bits per heavy atom. The molecule has 0 saturated carbocycles. The first-order chi connectivity index (χ1) is 21.2. The number of anilines is 1. The highest BCUT2D eigenvalue weighted by molar-refractivity contribution is 7.61. The molecule has 4 aromatic rings. The highest BCUT2D eigenvalue weighted by Crippen LogP contribution is 2.60. The van der Waals surface area contributed by atoms with Crippen LogP contribution in [0.5, 0.6) is 0 Å². The van der Waals surface area contributed by atoms with Gasteiger partial charge in [-0.2, -0.15) is 4.31 Å². The van der Waals surface area contributed by atoms with E-state index in [1.807, 2.05) is 0 Å². The summed E-state index contributed by atoms with van der Waals surface area (Å²) in [4.78, 5) is 32.0. The van der Waals surface area contributed by atoms with E-state index in [0.717, 1.165) is 6.33 Å². The van der Waals surface area contributed by atoms with Gasteiger partial charge < -0.3 is 45.4 Å². The maximum Gasteiger partial charge on any atom is 0.481 e. The molecule has 244 valence electrons. The van der Waals surface area contributed by atoms with Gasteiger partial charge in [0.2, 0.25) is 0 Å². The van der Waals surface area contributed by atoms with Crippen LogP contribution in [0.3, 0.4) is 0 Å². The number of nitrogens with zero attached hydrogens (tertiary/aromatic N) is 7. The number of aromatic nitrogens is 7. The largest absolute Gasteiger partial charge is 0.481 e. The minimum Gasteiger partial charge on any atom is -0.387 e. The minimum absolute atomic E-state index is 0.0558. The monoisotopic (exact) mass is 694 g/mol. The molecule has 21 nitrogen and oxygen atoms in total. The molecule has 2 saturated heterocycles. The zero-order valence-corrected chi connectivity index (χ0v) is 25.0. The molecule has 0 radical (unpaired) electrons. The number of halogens is 1. The normalized spacial score (nSPS) is 31.4. The van der Waals surface area contributed by atoms with Crippen molar-refractivity contribution < 1.29 is 62.2 Å². The lowest BCUT2D eigenvalue weighted by atomic mass is 10.1. The quantitative estimate of drug-likeness (QED) is 0.0978. The fourth-order valence-electron chi connectivity index (χ4n) is 4.84. The zero-order valence-electron chi connectivity index (χ0n) is 22.4. The van der Waals surface area contributed by atoms with E-state index in [0.29, 0.717) is 16.1 Å². The van der Waals surface area contributed by atoms with E-state index < -0.39 is 77.9 Å². The SMILES string of the molecule is Nc1ncnc2c1ncn2[C@@H]1O[C@H](COP(=O)(O)OP(=O)(O)OC[C@H]2O[C@@H](n3nnc4cc(Cl)ccc43)[C@H](O)[C@@H]2O)[C@@H](O)[C@H]1O. The molecular weight excluding hydrogens is 670 g/mol. The van der Waals surface area contributed by atoms with E-state index in [1.165, 1.54) is 21.6 Å². The first-order valence-electron chi connectivity index (χ1n) is 12.9. The summed E-state index contributed by atoms with van der Waals surface area (Å²) in [5, 5.41) is 50.1. The predicted octanol–water partition coefficient (Wildman–Crippen LogP) is -1.00. The average molecular weight is 695 g/mol. The number of hydrogen-bond donors (Lipinski definition) is 7. The molecule has 0 aliphatic carbocycles. The maximum absolute atomic E-state index is 12.5. The van der Waals surface area contributed by atoms with Crippen LogP contribution in [-0.2, 0) is 32.0 Å². The number of nitrogens with two attached hydrogens (primary N) is 1. The van der Waals surface area contributed by atoms with Gasteiger partial charge in [-0.25, -0.2) is 28.8 Å². The number of nitrogen functional groups attached to an aromatic ring is 1. The van der Waals surface area contributed by atoms with Crippen molar-refractivity contribution in [3.8, 4) is 0 Å². The van der Waals surface area contributed by atoms with Crippen LogP contribution in [0.15, 0.2) is 30.9 Å². The van der Waals surface area contributed by atoms with Gasteiger partial charge in [-0.05, 0) is 18.2 Å². The van der Waals surface area contributed by atoms with Gasteiger partial charge in [0, 0.05) is 5.02 Å². The molecule has 1 aromatic carbocycles. The van der Waals surface area contributed by atoms with Crippen LogP contribution in [0.1, 0.15) is 12.5 Å². The number of fused-ring (bicyclic) bond motifs is 2. The molecule has 0 spiro atoms. The number of benzene rings is 1. The number of aliphatic hydroxyl groups excluding tert-OH is 4. The van der Waals surface area contributed by atoms with Crippen molar-refractivity contribution in [1.82, 2.24) is 34.5 Å². The third-order valence-corrected chi connectivity index (χ3v) is 9.86. The molecule has 10 atom stereocenters. The van der Waals surface area contributed by atoms with Gasteiger partial charge in [0.05, 0.1) is 25.1 Å². The number of ether oxygens (including phenoxy) is 2. The Morgan fingerprint density at radius 3 is 2.20 bits per heavy atom. The number of rotatable bonds is 10. The number of phosphoric ester groups is 2. The van der Waals surface area contributed by atoms with Crippen LogP contribution >= 0.6 is 27.2 Å². The molecule has 5 heterocycles. The van der Waals surface area contributed by atoms with E-state index in [-0.39, 0.29) is 17.0 Å². The Balaban J connectivity index is 1.04. The van der Waals surface area contributed by atoms with Crippen LogP contribution in [0.25, 0.3) is 22.2 Å². The summed E-state index contributed by atoms with van der Waals surface area (Å²) in [5.74, 6) is 0.0558. The van der Waals surface area contributed by atoms with Crippen LogP contribution in [-0.4, -0.2) is 115 Å². The van der Waals surface area contributed by atoms with Gasteiger partial charge in [0.15, 0.2) is 23.9 Å². The number of imidazole rings is 1. The summed E-state index contributed by atoms with van der Waals surface area (Å²) in [7, 11) is -10.7. The van der Waals surface area contributed by atoms with E-state index in [2.05, 4.69) is 29.6 Å². The van der Waals surface area contributed by atoms with Gasteiger partial charge in [-0.3, -0.25) is 13.6 Å². The third kappa shape index (κ3) is 6.33. The first kappa shape index (κ1) is 32.2. The first-order valence-corrected chi connectivity index (χ1v) is 16.2. The summed E-state index contributed by atoms with van der Waals surface area (Å²) >= 11 is 5.94. The summed E-state index contributed by atoms with van der Waals surface area (Å²) in [5.41, 5.74) is 6.90. The average Bonchev–Trinajstić information content (AvgIpc) is 3.72. The zero-order chi connectivity index (χ0) is 32.3. The highest BCUT2D eigenvalue weighted by Gasteiger charge is 2.48. The molecule has 0 amide bonds. The van der Waals surface area contributed by atoms with Crippen LogP contribution in [0, 0.1) is 0 Å². The number of phosphoric acid groups is 2. The fourth-order valence-corrected chi connectivity index (χ4v) is 7.09. The Labute approximate surface area is 255 Å². The van der Waals surface area contributed by atoms with Gasteiger partial charge in [-0.1, -0.05) is 16.8 Å². The number of aliphatic hydroxyl groups is 4. The van der Waals surface area contributed by atoms with Gasteiger partial charge in [-0.15, -0.1) is 5.10 Å². The summed E-state index contributed by atoms with van der Waals surface area (Å²) in [6.45, 7) is -1.77. The second-order valence-electron chi connectivity index (χ2n) is 9.95. The van der Waals surface area contributed by atoms with Crippen molar-refractivity contribution >= 4 is 55.3 Å². The molecule has 8 N–H and O–H groups in total. The lowest BCUT2D eigenvalue weighted by molar-refractivity contribution is -0.0573. The lowest BCUT2D eigenvalue weighted by Gasteiger charge is -2.20. The van der Waals surface area contributed by atoms with Gasteiger partial charge in [0.25, 0.3) is 0 Å². The van der Waals surface area contributed by atoms with E-state index in [4.69, 9.17) is 35.9 Å². The van der Waals surface area contributed by atoms with Crippen LogP contribution in [0.4, 0.5) is 5.82 Å². The molecule has 2 aliphatic heterocycles. The Bertz CT molecular complexity index is 1810. The molecular formula is C21H25ClN8O13P2. The predicted molar refractivity (Wildman–Crippen MR) is 147 cm³/mol. The second-order valence-corrected chi connectivity index (χ2v) is 13.4. The Hall–Kier alpha value is -2.72. The molecule has 24 heteroatoms.